The van der Waals surface area contributed by atoms with E-state index in [0.717, 1.165) is 37.1 Å². The lowest BCUT2D eigenvalue weighted by Crippen LogP contribution is -2.42. The number of hydrogen-bond donors (Lipinski definition) is 3. The number of carbonyl (C=O) groups excluding carboxylic acids is 1. The molecule has 1 aliphatic heterocycles. The van der Waals surface area contributed by atoms with E-state index in [9.17, 15) is 23.1 Å². The molecular weight excluding hydrogens is 505 g/mol. The smallest absolute Gasteiger partial charge is 0.374 e. The fraction of sp³-hybridized carbons (Fsp3) is 0.407. The van der Waals surface area contributed by atoms with E-state index < -0.39 is 18.0 Å². The summed E-state index contributed by atoms with van der Waals surface area (Å²) in [5.74, 6) is 0.636. The maximum Gasteiger partial charge on any atom is 0.417 e. The van der Waals surface area contributed by atoms with Crippen LogP contribution in [0.4, 0.5) is 19.0 Å². The van der Waals surface area contributed by atoms with E-state index in [1.165, 1.54) is 6.07 Å². The fourth-order valence-corrected chi connectivity index (χ4v) is 5.66. The molecule has 6 nitrogen and oxygen atoms in total. The lowest BCUT2D eigenvalue weighted by atomic mass is 9.86. The average Bonchev–Trinajstić information content (AvgIpc) is 3.50. The molecule has 10 heteroatoms. The molecule has 1 aromatic carbocycles. The molecule has 1 saturated carbocycles. The lowest BCUT2D eigenvalue weighted by Gasteiger charge is -2.28. The number of amides is 1. The first-order chi connectivity index (χ1) is 17.7. The number of aromatic nitrogens is 1. The molecule has 5 atom stereocenters. The molecule has 2 fully saturated rings. The van der Waals surface area contributed by atoms with Crippen LogP contribution in [0.1, 0.15) is 35.2 Å². The molecule has 3 N–H and O–H groups in total. The average molecular weight is 533 g/mol. The number of aliphatic hydroxyl groups excluding tert-OH is 1. The van der Waals surface area contributed by atoms with Gasteiger partial charge in [0, 0.05) is 37.3 Å². The summed E-state index contributed by atoms with van der Waals surface area (Å²) in [5, 5.41) is 17.7. The first-order valence-corrected chi connectivity index (χ1v) is 12.7. The Bertz CT molecular complexity index is 1200. The van der Waals surface area contributed by atoms with E-state index in [1.807, 2.05) is 17.1 Å². The Kier molecular flexibility index (Phi) is 7.29. The van der Waals surface area contributed by atoms with E-state index in [0.29, 0.717) is 35.4 Å². The Labute approximate surface area is 218 Å². The molecule has 0 radical (unpaired) electrons. The Balaban J connectivity index is 1.19. The van der Waals surface area contributed by atoms with Crippen molar-refractivity contribution >= 4 is 23.3 Å². The van der Waals surface area contributed by atoms with Gasteiger partial charge < -0.3 is 15.3 Å². The minimum Gasteiger partial charge on any atom is -0.374 e. The minimum atomic E-state index is -4.42. The number of carbonyl (C=O) groups is 1. The van der Waals surface area contributed by atoms with Gasteiger partial charge in [0.15, 0.2) is 0 Å². The van der Waals surface area contributed by atoms with Crippen LogP contribution in [0, 0.1) is 11.8 Å². The molecule has 2 heterocycles. The van der Waals surface area contributed by atoms with Crippen molar-refractivity contribution in [3.8, 4) is 0 Å². The zero-order chi connectivity index (χ0) is 26.2. The Morgan fingerprint density at radius 3 is 2.70 bits per heavy atom. The van der Waals surface area contributed by atoms with Gasteiger partial charge in [0.2, 0.25) is 0 Å². The van der Waals surface area contributed by atoms with E-state index in [1.54, 1.807) is 24.3 Å². The maximum absolute atomic E-state index is 12.8. The van der Waals surface area contributed by atoms with E-state index >= 15 is 0 Å². The SMILES string of the molecule is O=C(N[C@@H]1CCC2C=CC(C(O)NC3CCN(c4ccc(C(F)(F)F)cn4)C3)=CC21)c1ccccc1Cl. The van der Waals surface area contributed by atoms with Gasteiger partial charge >= 0.3 is 6.18 Å². The van der Waals surface area contributed by atoms with E-state index in [2.05, 4.69) is 21.7 Å². The summed E-state index contributed by atoms with van der Waals surface area (Å²) in [4.78, 5) is 18.7. The summed E-state index contributed by atoms with van der Waals surface area (Å²) < 4.78 is 38.4. The van der Waals surface area contributed by atoms with Crippen molar-refractivity contribution in [2.24, 2.45) is 11.8 Å². The summed E-state index contributed by atoms with van der Waals surface area (Å²) in [5.41, 5.74) is 0.410. The predicted octanol–water partition coefficient (Wildman–Crippen LogP) is 4.56. The van der Waals surface area contributed by atoms with Crippen molar-refractivity contribution in [3.63, 3.8) is 0 Å². The van der Waals surface area contributed by atoms with Crippen molar-refractivity contribution in [1.29, 1.82) is 0 Å². The molecule has 37 heavy (non-hydrogen) atoms. The molecule has 0 spiro atoms. The van der Waals surface area contributed by atoms with Crippen molar-refractivity contribution in [3.05, 3.63) is 82.5 Å². The number of pyridine rings is 1. The number of halogens is 4. The fourth-order valence-electron chi connectivity index (χ4n) is 5.44. The number of aliphatic hydroxyl groups is 1. The van der Waals surface area contributed by atoms with Crippen LogP contribution >= 0.6 is 11.6 Å². The number of benzene rings is 1. The van der Waals surface area contributed by atoms with Gasteiger partial charge in [-0.15, -0.1) is 0 Å². The number of hydrogen-bond acceptors (Lipinski definition) is 5. The van der Waals surface area contributed by atoms with Gasteiger partial charge in [0.05, 0.1) is 16.1 Å². The van der Waals surface area contributed by atoms with Gasteiger partial charge in [-0.05, 0) is 55.0 Å². The quantitative estimate of drug-likeness (QED) is 0.475. The standard InChI is InChI=1S/C27H28ClF3N4O2/c28-22-4-2-1-3-20(22)26(37)34-23-9-7-16-5-6-17(13-21(16)23)25(36)33-19-11-12-35(15-19)24-10-8-18(14-32-24)27(29,30)31/h1-6,8,10,13-14,16,19,21,23,25,33,36H,7,9,11-12,15H2,(H,34,37)/t16?,19?,21?,23-,25?/m1/s1. The third kappa shape index (κ3) is 5.68. The highest BCUT2D eigenvalue weighted by molar-refractivity contribution is 6.33. The van der Waals surface area contributed by atoms with Gasteiger partial charge in [0.1, 0.15) is 12.0 Å². The van der Waals surface area contributed by atoms with Crippen LogP contribution in [0.3, 0.4) is 0 Å². The molecule has 5 rings (SSSR count). The van der Waals surface area contributed by atoms with Crippen molar-refractivity contribution in [1.82, 2.24) is 15.6 Å². The van der Waals surface area contributed by atoms with E-state index in [4.69, 9.17) is 11.6 Å². The number of alkyl halides is 3. The maximum atomic E-state index is 12.8. The van der Waals surface area contributed by atoms with Gasteiger partial charge in [-0.2, -0.15) is 13.2 Å². The molecule has 1 saturated heterocycles. The second-order valence-electron chi connectivity index (χ2n) is 9.81. The van der Waals surface area contributed by atoms with Crippen LogP contribution in [0.15, 0.2) is 66.4 Å². The summed E-state index contributed by atoms with van der Waals surface area (Å²) in [7, 11) is 0. The molecule has 196 valence electrons. The lowest BCUT2D eigenvalue weighted by molar-refractivity contribution is -0.137. The highest BCUT2D eigenvalue weighted by Gasteiger charge is 2.37. The number of nitrogens with one attached hydrogen (secondary N) is 2. The highest BCUT2D eigenvalue weighted by Crippen LogP contribution is 2.38. The summed E-state index contributed by atoms with van der Waals surface area (Å²) in [6.45, 7) is 1.15. The first-order valence-electron chi connectivity index (χ1n) is 12.4. The van der Waals surface area contributed by atoms with Crippen LogP contribution < -0.4 is 15.5 Å². The summed E-state index contributed by atoms with van der Waals surface area (Å²) in [6, 6.07) is 9.25. The first kappa shape index (κ1) is 25.8. The van der Waals surface area contributed by atoms with Crippen LogP contribution in [-0.2, 0) is 6.18 Å². The van der Waals surface area contributed by atoms with Crippen LogP contribution in [0.5, 0.6) is 0 Å². The summed E-state index contributed by atoms with van der Waals surface area (Å²) in [6.07, 6.45) is 4.10. The minimum absolute atomic E-state index is 0.0505. The van der Waals surface area contributed by atoms with Crippen molar-refractivity contribution < 1.29 is 23.1 Å². The third-order valence-electron chi connectivity index (χ3n) is 7.42. The number of allylic oxidation sites excluding steroid dienone is 1. The zero-order valence-electron chi connectivity index (χ0n) is 20.0. The molecule has 4 unspecified atom stereocenters. The van der Waals surface area contributed by atoms with Crippen LogP contribution in [-0.4, -0.2) is 47.4 Å². The molecule has 2 aromatic rings. The number of rotatable bonds is 6. The topological polar surface area (TPSA) is 77.5 Å². The molecule has 1 aromatic heterocycles. The predicted molar refractivity (Wildman–Crippen MR) is 135 cm³/mol. The molecular formula is C27H28ClF3N4O2. The van der Waals surface area contributed by atoms with Crippen molar-refractivity contribution in [2.75, 3.05) is 18.0 Å². The third-order valence-corrected chi connectivity index (χ3v) is 7.75. The number of fused-ring (bicyclic) bond motifs is 1. The Morgan fingerprint density at radius 1 is 1.16 bits per heavy atom. The summed E-state index contributed by atoms with van der Waals surface area (Å²) >= 11 is 6.18. The molecule has 2 aliphatic carbocycles. The normalized spacial score (nSPS) is 26.1. The van der Waals surface area contributed by atoms with E-state index in [-0.39, 0.29) is 23.9 Å². The van der Waals surface area contributed by atoms with Crippen LogP contribution in [0.25, 0.3) is 0 Å². The van der Waals surface area contributed by atoms with Crippen molar-refractivity contribution in [2.45, 2.75) is 43.8 Å². The highest BCUT2D eigenvalue weighted by atomic mass is 35.5. The zero-order valence-corrected chi connectivity index (χ0v) is 20.7. The van der Waals surface area contributed by atoms with Gasteiger partial charge in [-0.3, -0.25) is 10.1 Å². The largest absolute Gasteiger partial charge is 0.417 e. The second kappa shape index (κ2) is 10.5. The molecule has 0 bridgehead atoms. The monoisotopic (exact) mass is 532 g/mol. The van der Waals surface area contributed by atoms with Gasteiger partial charge in [-0.25, -0.2) is 4.98 Å². The number of nitrogens with zero attached hydrogens (tertiary/aromatic N) is 2. The Hall–Kier alpha value is -2.88. The second-order valence-corrected chi connectivity index (χ2v) is 10.2. The molecule has 3 aliphatic rings. The van der Waals surface area contributed by atoms with Crippen LogP contribution in [0.2, 0.25) is 5.02 Å². The van der Waals surface area contributed by atoms with Gasteiger partial charge in [0.25, 0.3) is 5.91 Å². The Morgan fingerprint density at radius 2 is 1.97 bits per heavy atom. The van der Waals surface area contributed by atoms with Gasteiger partial charge in [-0.1, -0.05) is 42.0 Å². The molecule has 1 amide bonds. The number of anilines is 1.